The van der Waals surface area contributed by atoms with E-state index in [1.807, 2.05) is 30.3 Å². The highest BCUT2D eigenvalue weighted by molar-refractivity contribution is 6.30. The van der Waals surface area contributed by atoms with E-state index in [-0.39, 0.29) is 13.0 Å². The first-order valence-corrected chi connectivity index (χ1v) is 7.82. The highest BCUT2D eigenvalue weighted by Crippen LogP contribution is 2.11. The fourth-order valence-corrected chi connectivity index (χ4v) is 2.18. The number of ether oxygens (including phenoxy) is 1. The lowest BCUT2D eigenvalue weighted by molar-refractivity contribution is -0.150. The van der Waals surface area contributed by atoms with E-state index in [4.69, 9.17) is 16.3 Å². The molecular formula is C18H18ClNO4. The standard InChI is InChI=1S/C18H18ClNO4/c19-15-8-6-14(7-9-15)12-24-17(21)10-16(18(22)23)20-11-13-4-2-1-3-5-13/h1-9,16,20H,10-12H2,(H,22,23)/t16-/m0/s1. The molecule has 0 aliphatic heterocycles. The van der Waals surface area contributed by atoms with E-state index in [0.717, 1.165) is 11.1 Å². The quantitative estimate of drug-likeness (QED) is 0.718. The van der Waals surface area contributed by atoms with Gasteiger partial charge in [-0.15, -0.1) is 0 Å². The zero-order valence-corrected chi connectivity index (χ0v) is 13.7. The van der Waals surface area contributed by atoms with E-state index in [9.17, 15) is 14.7 Å². The molecule has 0 spiro atoms. The van der Waals surface area contributed by atoms with Crippen molar-refractivity contribution in [2.45, 2.75) is 25.6 Å². The number of carboxylic acids is 1. The van der Waals surface area contributed by atoms with E-state index in [1.165, 1.54) is 0 Å². The summed E-state index contributed by atoms with van der Waals surface area (Å²) in [6.45, 7) is 0.448. The number of hydrogen-bond donors (Lipinski definition) is 2. The summed E-state index contributed by atoms with van der Waals surface area (Å²) in [5.41, 5.74) is 1.73. The molecule has 0 heterocycles. The monoisotopic (exact) mass is 347 g/mol. The van der Waals surface area contributed by atoms with Crippen LogP contribution in [-0.4, -0.2) is 23.1 Å². The number of carbonyl (C=O) groups is 2. The van der Waals surface area contributed by atoms with Gasteiger partial charge in [-0.05, 0) is 23.3 Å². The zero-order chi connectivity index (χ0) is 17.4. The van der Waals surface area contributed by atoms with Crippen LogP contribution in [0.15, 0.2) is 54.6 Å². The van der Waals surface area contributed by atoms with Gasteiger partial charge in [-0.1, -0.05) is 54.1 Å². The van der Waals surface area contributed by atoms with E-state index >= 15 is 0 Å². The molecule has 1 atom stereocenters. The second-order valence-corrected chi connectivity index (χ2v) is 5.69. The molecule has 0 bridgehead atoms. The third-order valence-electron chi connectivity index (χ3n) is 3.38. The van der Waals surface area contributed by atoms with Gasteiger partial charge in [0.1, 0.15) is 12.6 Å². The largest absolute Gasteiger partial charge is 0.480 e. The van der Waals surface area contributed by atoms with Crippen molar-refractivity contribution in [1.29, 1.82) is 0 Å². The van der Waals surface area contributed by atoms with Crippen LogP contribution in [0, 0.1) is 0 Å². The first-order valence-electron chi connectivity index (χ1n) is 7.45. The number of carbonyl (C=O) groups excluding carboxylic acids is 1. The Bertz CT molecular complexity index is 673. The second-order valence-electron chi connectivity index (χ2n) is 5.25. The smallest absolute Gasteiger partial charge is 0.321 e. The molecule has 6 heteroatoms. The Morgan fingerprint density at radius 3 is 2.33 bits per heavy atom. The number of aliphatic carboxylic acids is 1. The molecule has 0 saturated heterocycles. The van der Waals surface area contributed by atoms with Crippen LogP contribution in [-0.2, 0) is 27.5 Å². The molecule has 126 valence electrons. The van der Waals surface area contributed by atoms with Crippen LogP contribution < -0.4 is 5.32 Å². The van der Waals surface area contributed by atoms with Crippen molar-refractivity contribution in [3.63, 3.8) is 0 Å². The van der Waals surface area contributed by atoms with Crippen molar-refractivity contribution < 1.29 is 19.4 Å². The molecule has 0 aromatic heterocycles. The fourth-order valence-electron chi connectivity index (χ4n) is 2.05. The molecule has 0 saturated carbocycles. The molecule has 0 fully saturated rings. The number of nitrogens with one attached hydrogen (secondary N) is 1. The Morgan fingerprint density at radius 1 is 1.04 bits per heavy atom. The summed E-state index contributed by atoms with van der Waals surface area (Å²) in [5.74, 6) is -1.66. The minimum absolute atomic E-state index is 0.0844. The highest BCUT2D eigenvalue weighted by atomic mass is 35.5. The average Bonchev–Trinajstić information content (AvgIpc) is 2.58. The van der Waals surface area contributed by atoms with Gasteiger partial charge >= 0.3 is 11.9 Å². The van der Waals surface area contributed by atoms with Gasteiger partial charge in [0, 0.05) is 11.6 Å². The van der Waals surface area contributed by atoms with Gasteiger partial charge < -0.3 is 9.84 Å². The molecule has 5 nitrogen and oxygen atoms in total. The Hall–Kier alpha value is -2.37. The molecule has 2 aromatic rings. The normalized spacial score (nSPS) is 11.7. The minimum Gasteiger partial charge on any atom is -0.480 e. The molecule has 0 unspecified atom stereocenters. The second kappa shape index (κ2) is 9.05. The summed E-state index contributed by atoms with van der Waals surface area (Å²) in [6.07, 6.45) is -0.240. The van der Waals surface area contributed by atoms with Crippen LogP contribution in [0.25, 0.3) is 0 Å². The van der Waals surface area contributed by atoms with Crippen LogP contribution in [0.1, 0.15) is 17.5 Å². The number of rotatable bonds is 8. The summed E-state index contributed by atoms with van der Waals surface area (Å²) < 4.78 is 5.12. The predicted molar refractivity (Wildman–Crippen MR) is 90.6 cm³/mol. The summed E-state index contributed by atoms with van der Waals surface area (Å²) in [7, 11) is 0. The maximum absolute atomic E-state index is 11.9. The predicted octanol–water partition coefficient (Wildman–Crippen LogP) is 3.02. The van der Waals surface area contributed by atoms with Crippen molar-refractivity contribution in [3.05, 3.63) is 70.7 Å². The highest BCUT2D eigenvalue weighted by Gasteiger charge is 2.21. The van der Waals surface area contributed by atoms with Gasteiger partial charge in [-0.3, -0.25) is 14.9 Å². The lowest BCUT2D eigenvalue weighted by Crippen LogP contribution is -2.38. The first kappa shape index (κ1) is 18.0. The third kappa shape index (κ3) is 6.02. The van der Waals surface area contributed by atoms with Crippen LogP contribution in [0.2, 0.25) is 5.02 Å². The minimum atomic E-state index is -1.09. The van der Waals surface area contributed by atoms with Gasteiger partial charge in [-0.2, -0.15) is 0 Å². The van der Waals surface area contributed by atoms with Crippen molar-refractivity contribution in [2.24, 2.45) is 0 Å². The van der Waals surface area contributed by atoms with Crippen molar-refractivity contribution in [3.8, 4) is 0 Å². The maximum atomic E-state index is 11.9. The molecule has 2 aromatic carbocycles. The molecule has 2 N–H and O–H groups in total. The fraction of sp³-hybridized carbons (Fsp3) is 0.222. The van der Waals surface area contributed by atoms with Gasteiger partial charge in [0.25, 0.3) is 0 Å². The van der Waals surface area contributed by atoms with E-state index in [0.29, 0.717) is 11.6 Å². The van der Waals surface area contributed by atoms with Crippen LogP contribution >= 0.6 is 11.6 Å². The van der Waals surface area contributed by atoms with Gasteiger partial charge in [0.15, 0.2) is 0 Å². The van der Waals surface area contributed by atoms with Gasteiger partial charge in [0.05, 0.1) is 6.42 Å². The Morgan fingerprint density at radius 2 is 1.71 bits per heavy atom. The summed E-state index contributed by atoms with van der Waals surface area (Å²) in [6, 6.07) is 15.3. The van der Waals surface area contributed by atoms with Gasteiger partial charge in [-0.25, -0.2) is 0 Å². The molecule has 0 aliphatic carbocycles. The number of carboxylic acid groups (broad SMARTS) is 1. The van der Waals surface area contributed by atoms with E-state index < -0.39 is 18.0 Å². The van der Waals surface area contributed by atoms with Gasteiger partial charge in [0.2, 0.25) is 0 Å². The SMILES string of the molecule is O=C(C[C@H](NCc1ccccc1)C(=O)O)OCc1ccc(Cl)cc1. The summed E-state index contributed by atoms with van der Waals surface area (Å²) >= 11 is 5.78. The van der Waals surface area contributed by atoms with Crippen molar-refractivity contribution >= 4 is 23.5 Å². The van der Waals surface area contributed by atoms with E-state index in [2.05, 4.69) is 5.32 Å². The molecular weight excluding hydrogens is 330 g/mol. The summed E-state index contributed by atoms with van der Waals surface area (Å²) in [5, 5.41) is 12.7. The Balaban J connectivity index is 1.82. The Labute approximate surface area is 145 Å². The number of halogens is 1. The topological polar surface area (TPSA) is 75.6 Å². The molecule has 2 rings (SSSR count). The summed E-state index contributed by atoms with van der Waals surface area (Å²) in [4.78, 5) is 23.1. The van der Waals surface area contributed by atoms with Crippen LogP contribution in [0.4, 0.5) is 0 Å². The first-order chi connectivity index (χ1) is 11.5. The maximum Gasteiger partial charge on any atom is 0.321 e. The number of benzene rings is 2. The molecule has 0 aliphatic rings. The van der Waals surface area contributed by atoms with Crippen molar-refractivity contribution in [1.82, 2.24) is 5.32 Å². The lowest BCUT2D eigenvalue weighted by atomic mass is 10.1. The molecule has 24 heavy (non-hydrogen) atoms. The lowest BCUT2D eigenvalue weighted by Gasteiger charge is -2.14. The molecule has 0 amide bonds. The molecule has 0 radical (unpaired) electrons. The van der Waals surface area contributed by atoms with Crippen molar-refractivity contribution in [2.75, 3.05) is 0 Å². The number of hydrogen-bond acceptors (Lipinski definition) is 4. The Kier molecular flexibility index (Phi) is 6.78. The third-order valence-corrected chi connectivity index (χ3v) is 3.63. The van der Waals surface area contributed by atoms with Crippen LogP contribution in [0.3, 0.4) is 0 Å². The number of esters is 1. The van der Waals surface area contributed by atoms with Crippen LogP contribution in [0.5, 0.6) is 0 Å². The van der Waals surface area contributed by atoms with E-state index in [1.54, 1.807) is 24.3 Å². The zero-order valence-electron chi connectivity index (χ0n) is 12.9. The average molecular weight is 348 g/mol.